The molecule has 1 unspecified atom stereocenters. The van der Waals surface area contributed by atoms with Crippen molar-refractivity contribution in [2.75, 3.05) is 20.8 Å². The number of ether oxygens (including phenoxy) is 8. The lowest BCUT2D eigenvalue weighted by Crippen LogP contribution is -2.74. The van der Waals surface area contributed by atoms with Crippen LogP contribution in [0.2, 0.25) is 0 Å². The van der Waals surface area contributed by atoms with Crippen molar-refractivity contribution in [3.8, 4) is 5.75 Å². The average molecular weight is 509 g/mol. The fraction of sp³-hybridized carbons (Fsp3) is 0.448. The van der Waals surface area contributed by atoms with Gasteiger partial charge >= 0.3 is 0 Å². The first-order valence-electron chi connectivity index (χ1n) is 12.5. The molecule has 3 saturated heterocycles. The fourth-order valence-electron chi connectivity index (χ4n) is 5.26. The van der Waals surface area contributed by atoms with Crippen molar-refractivity contribution in [1.29, 1.82) is 0 Å². The molecule has 8 nitrogen and oxygen atoms in total. The molecule has 3 heterocycles. The number of rotatable bonds is 5. The highest BCUT2D eigenvalue weighted by Crippen LogP contribution is 2.46. The molecule has 3 aliphatic heterocycles. The monoisotopic (exact) mass is 508 g/mol. The Labute approximate surface area is 216 Å². The van der Waals surface area contributed by atoms with Crippen LogP contribution in [0.5, 0.6) is 5.75 Å². The summed E-state index contributed by atoms with van der Waals surface area (Å²) < 4.78 is 50.0. The van der Waals surface area contributed by atoms with Crippen molar-refractivity contribution >= 4 is 10.8 Å². The zero-order valence-corrected chi connectivity index (χ0v) is 21.4. The summed E-state index contributed by atoms with van der Waals surface area (Å²) in [6, 6.07) is 23.8. The SMILES string of the molecule is CO[C@]1(C)O[C@@H]2[C@@H](O[C@@]1(C)OC)[C@H](Oc1ccc3ccccc3c1)O[C@@H]1COC(c3ccccc3)O[C@@H]21. The van der Waals surface area contributed by atoms with Gasteiger partial charge in [-0.05, 0) is 36.8 Å². The highest BCUT2D eigenvalue weighted by atomic mass is 16.8. The molecule has 0 radical (unpaired) electrons. The van der Waals surface area contributed by atoms with E-state index in [9.17, 15) is 0 Å². The van der Waals surface area contributed by atoms with E-state index in [0.717, 1.165) is 16.3 Å². The molecule has 0 saturated carbocycles. The van der Waals surface area contributed by atoms with Crippen LogP contribution in [0, 0.1) is 0 Å². The number of methoxy groups -OCH3 is 2. The predicted molar refractivity (Wildman–Crippen MR) is 134 cm³/mol. The van der Waals surface area contributed by atoms with E-state index in [-0.39, 0.29) is 0 Å². The maximum Gasteiger partial charge on any atom is 0.229 e. The van der Waals surface area contributed by atoms with E-state index in [1.807, 2.05) is 66.7 Å². The van der Waals surface area contributed by atoms with E-state index in [1.54, 1.807) is 28.1 Å². The number of hydrogen-bond donors (Lipinski definition) is 0. The molecule has 3 fully saturated rings. The zero-order chi connectivity index (χ0) is 25.6. The first-order chi connectivity index (χ1) is 17.9. The van der Waals surface area contributed by atoms with Crippen molar-refractivity contribution in [2.24, 2.45) is 0 Å². The first kappa shape index (κ1) is 24.8. The fourth-order valence-corrected chi connectivity index (χ4v) is 5.26. The average Bonchev–Trinajstić information content (AvgIpc) is 2.94. The summed E-state index contributed by atoms with van der Waals surface area (Å²) >= 11 is 0. The molecule has 0 aliphatic carbocycles. The lowest BCUT2D eigenvalue weighted by Gasteiger charge is -2.58. The van der Waals surface area contributed by atoms with Gasteiger partial charge in [0.2, 0.25) is 17.9 Å². The van der Waals surface area contributed by atoms with Crippen molar-refractivity contribution in [1.82, 2.24) is 0 Å². The number of fused-ring (bicyclic) bond motifs is 4. The summed E-state index contributed by atoms with van der Waals surface area (Å²) in [7, 11) is 3.13. The topological polar surface area (TPSA) is 73.8 Å². The smallest absolute Gasteiger partial charge is 0.229 e. The summed E-state index contributed by atoms with van der Waals surface area (Å²) in [4.78, 5) is 0. The van der Waals surface area contributed by atoms with Gasteiger partial charge in [-0.2, -0.15) is 0 Å². The van der Waals surface area contributed by atoms with Crippen LogP contribution in [0.4, 0.5) is 0 Å². The molecule has 3 aromatic carbocycles. The van der Waals surface area contributed by atoms with E-state index in [2.05, 4.69) is 6.07 Å². The molecule has 0 amide bonds. The minimum Gasteiger partial charge on any atom is -0.462 e. The molecule has 0 aromatic heterocycles. The van der Waals surface area contributed by atoms with Crippen LogP contribution in [0.25, 0.3) is 10.8 Å². The molecule has 8 atom stereocenters. The van der Waals surface area contributed by atoms with Gasteiger partial charge < -0.3 is 37.9 Å². The molecule has 0 spiro atoms. The molecule has 0 N–H and O–H groups in total. The summed E-state index contributed by atoms with van der Waals surface area (Å²) in [5.41, 5.74) is 0.917. The largest absolute Gasteiger partial charge is 0.462 e. The molecule has 8 heteroatoms. The van der Waals surface area contributed by atoms with Crippen LogP contribution in [-0.4, -0.2) is 63.1 Å². The highest BCUT2D eigenvalue weighted by Gasteiger charge is 2.64. The van der Waals surface area contributed by atoms with E-state index >= 15 is 0 Å². The van der Waals surface area contributed by atoms with Gasteiger partial charge in [0.1, 0.15) is 24.1 Å². The Hall–Kier alpha value is -2.56. The second-order valence-electron chi connectivity index (χ2n) is 9.81. The Balaban J connectivity index is 1.33. The first-order valence-corrected chi connectivity index (χ1v) is 12.5. The van der Waals surface area contributed by atoms with Crippen LogP contribution < -0.4 is 4.74 Å². The lowest BCUT2D eigenvalue weighted by atomic mass is 9.93. The normalized spacial score (nSPS) is 37.5. The van der Waals surface area contributed by atoms with Gasteiger partial charge in [-0.3, -0.25) is 0 Å². The highest BCUT2D eigenvalue weighted by molar-refractivity contribution is 5.83. The molecule has 3 aliphatic rings. The van der Waals surface area contributed by atoms with Crippen LogP contribution in [0.3, 0.4) is 0 Å². The number of benzene rings is 3. The molecule has 3 aromatic rings. The van der Waals surface area contributed by atoms with Crippen molar-refractivity contribution in [2.45, 2.75) is 62.4 Å². The maximum absolute atomic E-state index is 6.61. The van der Waals surface area contributed by atoms with Crippen LogP contribution in [0.15, 0.2) is 72.8 Å². The van der Waals surface area contributed by atoms with Crippen LogP contribution in [0.1, 0.15) is 25.7 Å². The minimum atomic E-state index is -1.23. The van der Waals surface area contributed by atoms with Gasteiger partial charge in [-0.1, -0.05) is 60.7 Å². The predicted octanol–water partition coefficient (Wildman–Crippen LogP) is 4.57. The molecule has 0 bridgehead atoms. The summed E-state index contributed by atoms with van der Waals surface area (Å²) in [5, 5.41) is 2.19. The van der Waals surface area contributed by atoms with Crippen molar-refractivity contribution < 1.29 is 37.9 Å². The third kappa shape index (κ3) is 4.32. The van der Waals surface area contributed by atoms with Crippen LogP contribution >= 0.6 is 0 Å². The Morgan fingerprint density at radius 1 is 0.730 bits per heavy atom. The van der Waals surface area contributed by atoms with Gasteiger partial charge in [0, 0.05) is 19.8 Å². The molecule has 196 valence electrons. The van der Waals surface area contributed by atoms with Crippen molar-refractivity contribution in [3.63, 3.8) is 0 Å². The second kappa shape index (κ2) is 9.63. The lowest BCUT2D eigenvalue weighted by molar-refractivity contribution is -0.490. The van der Waals surface area contributed by atoms with E-state index in [0.29, 0.717) is 12.4 Å². The Morgan fingerprint density at radius 2 is 1.41 bits per heavy atom. The summed E-state index contributed by atoms with van der Waals surface area (Å²) in [6.07, 6.45) is -3.54. The van der Waals surface area contributed by atoms with Gasteiger partial charge in [0.25, 0.3) is 0 Å². The molecular weight excluding hydrogens is 476 g/mol. The third-order valence-corrected chi connectivity index (χ3v) is 7.65. The van der Waals surface area contributed by atoms with Gasteiger partial charge in [0.05, 0.1) is 6.61 Å². The third-order valence-electron chi connectivity index (χ3n) is 7.65. The molecular formula is C29H32O8. The maximum atomic E-state index is 6.61. The Kier molecular flexibility index (Phi) is 6.45. The summed E-state index contributed by atoms with van der Waals surface area (Å²) in [6.45, 7) is 3.88. The number of hydrogen-bond acceptors (Lipinski definition) is 8. The van der Waals surface area contributed by atoms with E-state index < -0.39 is 48.6 Å². The van der Waals surface area contributed by atoms with E-state index in [4.69, 9.17) is 37.9 Å². The zero-order valence-electron chi connectivity index (χ0n) is 21.4. The van der Waals surface area contributed by atoms with Crippen molar-refractivity contribution in [3.05, 3.63) is 78.4 Å². The van der Waals surface area contributed by atoms with Gasteiger partial charge in [-0.25, -0.2) is 0 Å². The Bertz CT molecular complexity index is 1240. The molecule has 6 rings (SSSR count). The molecule has 37 heavy (non-hydrogen) atoms. The van der Waals surface area contributed by atoms with Crippen LogP contribution in [-0.2, 0) is 33.2 Å². The quantitative estimate of drug-likeness (QED) is 0.497. The summed E-state index contributed by atoms with van der Waals surface area (Å²) in [5.74, 6) is -1.78. The second-order valence-corrected chi connectivity index (χ2v) is 9.81. The van der Waals surface area contributed by atoms with Gasteiger partial charge in [-0.15, -0.1) is 0 Å². The van der Waals surface area contributed by atoms with Gasteiger partial charge in [0.15, 0.2) is 12.4 Å². The Morgan fingerprint density at radius 3 is 2.14 bits per heavy atom. The standard InChI is InChI=1S/C29H32O8/c1-28(30-3)29(2,31-4)37-25-24(36-28)23-22(17-32-26(35-23)19-11-6-5-7-12-19)34-27(25)33-21-15-14-18-10-8-9-13-20(18)16-21/h5-16,22-27H,17H2,1-4H3/t22-,23-,24+,25-,26?,27-,28-,29-/m1/s1. The van der Waals surface area contributed by atoms with E-state index in [1.165, 1.54) is 0 Å². The minimum absolute atomic E-state index is 0.305.